The van der Waals surface area contributed by atoms with E-state index < -0.39 is 15.8 Å². The molecule has 10 aromatic carbocycles. The van der Waals surface area contributed by atoms with Crippen LogP contribution in [0.2, 0.25) is 25.1 Å². The molecular formula is C79H79Cl7N12O7. The highest BCUT2D eigenvalue weighted by molar-refractivity contribution is 6.31. The summed E-state index contributed by atoms with van der Waals surface area (Å²) in [6.45, 7) is 8.64. The zero-order chi connectivity index (χ0) is 75.3. The third-order valence-electron chi connectivity index (χ3n) is 15.7. The SMILES string of the molecule is C1CCNC1.ClCc1nc2ccccc2n1Cc1ccc(Cl)cc1.Clc1ccc(Cn2c(CN3CCCC3)nc3ccccc32)cc1.Nc1ccccc1NCc1ccc(Cl)cc1.Nc1ccccc1[N+](=O)[O-].O=C(O)CCl.O=Cc1ccc(Cl)cc1.O=[N+]([O-])c1ccccc1NCc1ccc(Cl)cc1. The maximum absolute atomic E-state index is 10.8. The van der Waals surface area contributed by atoms with Gasteiger partial charge in [0.1, 0.15) is 35.2 Å². The largest absolute Gasteiger partial charge is 0.480 e. The number of nitro groups is 2. The van der Waals surface area contributed by atoms with Crippen LogP contribution in [0, 0.1) is 20.2 Å². The number of imidazole rings is 2. The number of nitrogens with zero attached hydrogens (tertiary/aromatic N) is 7. The minimum absolute atomic E-state index is 0.0394. The lowest BCUT2D eigenvalue weighted by Crippen LogP contribution is -2.21. The number of carbonyl (C=O) groups excluding carboxylic acids is 1. The van der Waals surface area contributed by atoms with Gasteiger partial charge in [0.05, 0.1) is 55.7 Å². The smallest absolute Gasteiger partial charge is 0.318 e. The number of halogens is 7. The van der Waals surface area contributed by atoms with Gasteiger partial charge in [0.15, 0.2) is 0 Å². The van der Waals surface area contributed by atoms with E-state index in [9.17, 15) is 29.8 Å². The van der Waals surface area contributed by atoms with E-state index in [-0.39, 0.29) is 22.9 Å². The maximum atomic E-state index is 10.8. The number of aliphatic carboxylic acids is 1. The molecular weight excluding hydrogens is 1480 g/mol. The number of fused-ring (bicyclic) bond motifs is 2. The number of anilines is 4. The summed E-state index contributed by atoms with van der Waals surface area (Å²) in [5.74, 6) is 1.16. The molecule has 26 heteroatoms. The third-order valence-corrected chi connectivity index (χ3v) is 17.5. The van der Waals surface area contributed by atoms with Gasteiger partial charge in [-0.05, 0) is 183 Å². The Kier molecular flexibility index (Phi) is 35.2. The number of hydrogen-bond donors (Lipinski definition) is 6. The van der Waals surface area contributed by atoms with Crippen LogP contribution in [0.4, 0.5) is 34.1 Å². The van der Waals surface area contributed by atoms with Crippen molar-refractivity contribution >= 4 is 150 Å². The highest BCUT2D eigenvalue weighted by atomic mass is 35.5. The minimum atomic E-state index is -0.980. The molecule has 0 spiro atoms. The highest BCUT2D eigenvalue weighted by Crippen LogP contribution is 2.27. The molecule has 0 unspecified atom stereocenters. The average molecular weight is 1560 g/mol. The quantitative estimate of drug-likeness (QED) is 0.0163. The summed E-state index contributed by atoms with van der Waals surface area (Å²) in [6, 6.07) is 74.6. The second-order valence-corrected chi connectivity index (χ2v) is 26.1. The Bertz CT molecular complexity index is 4630. The predicted octanol–water partition coefficient (Wildman–Crippen LogP) is 20.2. The van der Waals surface area contributed by atoms with Crippen molar-refractivity contribution in [2.75, 3.05) is 54.2 Å². The van der Waals surface area contributed by atoms with Crippen molar-refractivity contribution in [1.29, 1.82) is 0 Å². The van der Waals surface area contributed by atoms with Crippen molar-refractivity contribution in [3.8, 4) is 0 Å². The van der Waals surface area contributed by atoms with Gasteiger partial charge in [-0.25, -0.2) is 9.97 Å². The summed E-state index contributed by atoms with van der Waals surface area (Å²) in [6.07, 6.45) is 6.17. The fourth-order valence-corrected chi connectivity index (χ4v) is 11.2. The number of rotatable bonds is 17. The van der Waals surface area contributed by atoms with Crippen LogP contribution in [0.3, 0.4) is 0 Å². The monoisotopic (exact) mass is 1550 g/mol. The van der Waals surface area contributed by atoms with E-state index in [1.165, 1.54) is 92.3 Å². The Hall–Kier alpha value is -9.77. The number of carbonyl (C=O) groups is 2. The normalized spacial score (nSPS) is 11.8. The molecule has 8 N–H and O–H groups in total. The Balaban J connectivity index is 0.000000175. The van der Waals surface area contributed by atoms with E-state index >= 15 is 0 Å². The highest BCUT2D eigenvalue weighted by Gasteiger charge is 2.18. The van der Waals surface area contributed by atoms with Gasteiger partial charge in [0, 0.05) is 69.0 Å². The van der Waals surface area contributed by atoms with Gasteiger partial charge in [-0.15, -0.1) is 23.2 Å². The minimum Gasteiger partial charge on any atom is -0.480 e. The first-order valence-electron chi connectivity index (χ1n) is 33.2. The molecule has 2 aliphatic heterocycles. The molecule has 0 aliphatic carbocycles. The van der Waals surface area contributed by atoms with Crippen molar-refractivity contribution in [1.82, 2.24) is 29.3 Å². The number of nitrogens with two attached hydrogens (primary N) is 2. The molecule has 0 bridgehead atoms. The second-order valence-electron chi connectivity index (χ2n) is 23.4. The first kappa shape index (κ1) is 82.5. The Morgan fingerprint density at radius 3 is 1.25 bits per heavy atom. The van der Waals surface area contributed by atoms with Gasteiger partial charge in [-0.1, -0.05) is 179 Å². The lowest BCUT2D eigenvalue weighted by atomic mass is 10.2. The van der Waals surface area contributed by atoms with Gasteiger partial charge in [-0.3, -0.25) is 34.7 Å². The second kappa shape index (κ2) is 44.8. The van der Waals surface area contributed by atoms with Crippen molar-refractivity contribution in [3.05, 3.63) is 327 Å². The van der Waals surface area contributed by atoms with E-state index in [1.54, 1.807) is 66.7 Å². The summed E-state index contributed by atoms with van der Waals surface area (Å²) >= 11 is 39.8. The van der Waals surface area contributed by atoms with Crippen molar-refractivity contribution in [2.24, 2.45) is 0 Å². The Morgan fingerprint density at radius 2 is 0.848 bits per heavy atom. The number of nitro benzene ring substituents is 2. The summed E-state index contributed by atoms with van der Waals surface area (Å²) in [5.41, 5.74) is 23.2. The van der Waals surface area contributed by atoms with E-state index in [0.29, 0.717) is 33.7 Å². The van der Waals surface area contributed by atoms with Gasteiger partial charge < -0.3 is 41.7 Å². The van der Waals surface area contributed by atoms with Crippen LogP contribution in [0.1, 0.15) is 69.9 Å². The number of carboxylic acid groups (broad SMARTS) is 1. The van der Waals surface area contributed by atoms with Crippen molar-refractivity contribution in [2.45, 2.75) is 64.3 Å². The number of aromatic nitrogens is 4. The molecule has 0 saturated carbocycles. The zero-order valence-corrected chi connectivity index (χ0v) is 62.4. The maximum Gasteiger partial charge on any atom is 0.318 e. The topological polar surface area (TPSA) is 268 Å². The summed E-state index contributed by atoms with van der Waals surface area (Å²) in [4.78, 5) is 51.3. The molecule has 0 radical (unpaired) electrons. The van der Waals surface area contributed by atoms with Crippen LogP contribution in [0.15, 0.2) is 243 Å². The summed E-state index contributed by atoms with van der Waals surface area (Å²) in [7, 11) is 0. The number of benzene rings is 10. The number of hydrogen-bond acceptors (Lipinski definition) is 14. The number of nitrogen functional groups attached to an aromatic ring is 2. The number of carboxylic acids is 1. The number of alkyl halides is 2. The number of nitrogens with one attached hydrogen (secondary N) is 3. The lowest BCUT2D eigenvalue weighted by Gasteiger charge is -2.16. The van der Waals surface area contributed by atoms with Crippen LogP contribution in [-0.4, -0.2) is 83.3 Å². The fourth-order valence-electron chi connectivity index (χ4n) is 10.4. The fraction of sp³-hybridized carbons (Fsp3) is 0.190. The van der Waals surface area contributed by atoms with E-state index in [2.05, 4.69) is 77.4 Å². The average Bonchev–Trinajstić information content (AvgIpc) is 1.66. The molecule has 2 fully saturated rings. The Morgan fingerprint density at radius 1 is 0.476 bits per heavy atom. The van der Waals surface area contributed by atoms with E-state index in [4.69, 9.17) is 103 Å². The molecule has 0 atom stereocenters. The van der Waals surface area contributed by atoms with Crippen LogP contribution in [0.25, 0.3) is 22.1 Å². The van der Waals surface area contributed by atoms with E-state index in [0.717, 1.165) is 92.7 Å². The summed E-state index contributed by atoms with van der Waals surface area (Å²) < 4.78 is 4.49. The molecule has 2 saturated heterocycles. The first-order valence-corrected chi connectivity index (χ1v) is 36.1. The van der Waals surface area contributed by atoms with Gasteiger partial charge in [0.25, 0.3) is 11.4 Å². The third kappa shape index (κ3) is 28.7. The van der Waals surface area contributed by atoms with Crippen LogP contribution < -0.4 is 27.4 Å². The van der Waals surface area contributed by atoms with Gasteiger partial charge in [0.2, 0.25) is 0 Å². The van der Waals surface area contributed by atoms with Gasteiger partial charge in [-0.2, -0.15) is 0 Å². The van der Waals surface area contributed by atoms with Crippen LogP contribution in [-0.2, 0) is 43.4 Å². The van der Waals surface area contributed by atoms with Crippen molar-refractivity contribution in [3.63, 3.8) is 0 Å². The van der Waals surface area contributed by atoms with Crippen LogP contribution in [0.5, 0.6) is 0 Å². The number of para-hydroxylation sites is 10. The zero-order valence-electron chi connectivity index (χ0n) is 57.1. The predicted molar refractivity (Wildman–Crippen MR) is 431 cm³/mol. The first-order chi connectivity index (χ1) is 50.8. The molecule has 19 nitrogen and oxygen atoms in total. The summed E-state index contributed by atoms with van der Waals surface area (Å²) in [5, 5.41) is 41.7. The van der Waals surface area contributed by atoms with E-state index in [1.807, 2.05) is 115 Å². The Labute approximate surface area is 644 Å². The molecule has 12 aromatic rings. The molecule has 105 heavy (non-hydrogen) atoms. The molecule has 2 aliphatic rings. The lowest BCUT2D eigenvalue weighted by molar-refractivity contribution is -0.384. The number of likely N-dealkylation sites (tertiary alicyclic amines) is 1. The van der Waals surface area contributed by atoms with Crippen molar-refractivity contribution < 1.29 is 24.5 Å². The van der Waals surface area contributed by atoms with Crippen LogP contribution >= 0.6 is 81.2 Å². The molecule has 546 valence electrons. The number of aldehydes is 1. The standard InChI is InChI=1S/C19H20ClN3.C15H12Cl2N2.C13H11ClN2O2.C13H13ClN2.C7H5ClO.C6H6N2O2.C4H9N.C2H3ClO2/c20-16-9-7-15(8-10-16)13-23-18-6-2-1-5-17(18)21-19(23)14-22-11-3-4-12-22;16-9-15-18-13-3-1-2-4-14(13)19(15)10-11-5-7-12(17)8-6-11;14-11-7-5-10(6-8-11)9-15-12-3-1-2-4-13(12)16(17)18;14-11-7-5-10(6-8-11)9-16-13-4-2-1-3-12(13)15;8-7-3-1-6(5-9)2-4-7;7-5-3-1-2-4-6(5)8(9)10;1-2-4-5-3-1;3-1-2(4)5/h1-2,5-10H,3-4,11-14H2;1-8H,9-10H2;1-8,15H,9H2;1-8,16H,9,15H2;1-5H;1-4H,7H2;5H,1-4H2;1H2,(H,4,5). The molecule has 14 rings (SSSR count). The molecule has 2 aromatic heterocycles. The molecule has 4 heterocycles. The van der Waals surface area contributed by atoms with Gasteiger partial charge >= 0.3 is 5.97 Å². The molecule has 0 amide bonds.